The van der Waals surface area contributed by atoms with E-state index in [0.29, 0.717) is 23.4 Å². The molecule has 4 atom stereocenters. The highest BCUT2D eigenvalue weighted by Gasteiger charge is 2.53. The maximum absolute atomic E-state index is 12.5. The third-order valence-corrected chi connectivity index (χ3v) is 7.35. The van der Waals surface area contributed by atoms with Crippen molar-refractivity contribution >= 4 is 34.2 Å². The van der Waals surface area contributed by atoms with Gasteiger partial charge in [-0.05, 0) is 35.7 Å². The van der Waals surface area contributed by atoms with Gasteiger partial charge in [0.25, 0.3) is 0 Å². The van der Waals surface area contributed by atoms with E-state index in [2.05, 4.69) is 0 Å². The number of thiophene rings is 2. The average molecular weight is 300 g/mol. The van der Waals surface area contributed by atoms with Crippen LogP contribution in [-0.2, 0) is 0 Å². The van der Waals surface area contributed by atoms with Gasteiger partial charge in [0.1, 0.15) is 0 Å². The van der Waals surface area contributed by atoms with Crippen LogP contribution in [0.5, 0.6) is 0 Å². The number of rotatable bonds is 0. The van der Waals surface area contributed by atoms with Gasteiger partial charge in [-0.15, -0.1) is 22.7 Å². The Kier molecular flexibility index (Phi) is 2.10. The first-order chi connectivity index (χ1) is 9.75. The van der Waals surface area contributed by atoms with Crippen LogP contribution in [0.2, 0.25) is 0 Å². The summed E-state index contributed by atoms with van der Waals surface area (Å²) in [6, 6.07) is 3.93. The molecule has 2 aromatic rings. The zero-order valence-electron chi connectivity index (χ0n) is 10.7. The zero-order chi connectivity index (χ0) is 13.4. The van der Waals surface area contributed by atoms with E-state index in [1.54, 1.807) is 22.7 Å². The third kappa shape index (κ3) is 1.20. The fourth-order valence-corrected chi connectivity index (χ4v) is 6.55. The Morgan fingerprint density at radius 2 is 1.20 bits per heavy atom. The van der Waals surface area contributed by atoms with E-state index in [4.69, 9.17) is 0 Å². The molecule has 2 aromatic heterocycles. The molecule has 5 rings (SSSR count). The van der Waals surface area contributed by atoms with Gasteiger partial charge in [0, 0.05) is 44.6 Å². The Hall–Kier alpha value is -1.26. The zero-order valence-corrected chi connectivity index (χ0v) is 12.3. The standard InChI is InChI=1S/C16H12O2S2/c17-13-7-1-3-19-15(7)11-6-10-12(5-9(11)13)16-8(14(10)18)2-4-20-16/h1-4,9-12H,5-6H2. The monoisotopic (exact) mass is 300 g/mol. The predicted molar refractivity (Wildman–Crippen MR) is 79.0 cm³/mol. The van der Waals surface area contributed by atoms with Crippen molar-refractivity contribution in [1.29, 1.82) is 0 Å². The summed E-state index contributed by atoms with van der Waals surface area (Å²) < 4.78 is 0. The number of carbonyl (C=O) groups excluding carboxylic acids is 2. The van der Waals surface area contributed by atoms with Crippen LogP contribution in [0.1, 0.15) is 55.1 Å². The predicted octanol–water partition coefficient (Wildman–Crippen LogP) is 4.10. The van der Waals surface area contributed by atoms with Crippen molar-refractivity contribution < 1.29 is 9.59 Å². The lowest BCUT2D eigenvalue weighted by atomic mass is 9.70. The topological polar surface area (TPSA) is 34.1 Å². The molecule has 0 radical (unpaired) electrons. The summed E-state index contributed by atoms with van der Waals surface area (Å²) >= 11 is 3.39. The lowest BCUT2D eigenvalue weighted by Gasteiger charge is -2.33. The fourth-order valence-electron chi connectivity index (χ4n) is 4.39. The molecule has 0 saturated heterocycles. The van der Waals surface area contributed by atoms with Crippen LogP contribution in [0.25, 0.3) is 0 Å². The highest BCUT2D eigenvalue weighted by molar-refractivity contribution is 7.11. The Morgan fingerprint density at radius 1 is 0.750 bits per heavy atom. The molecule has 3 aliphatic rings. The number of fused-ring (bicyclic) bond motifs is 6. The van der Waals surface area contributed by atoms with Crippen molar-refractivity contribution in [2.24, 2.45) is 11.8 Å². The molecule has 2 nitrogen and oxygen atoms in total. The molecular formula is C16H12O2S2. The minimum absolute atomic E-state index is 0.125. The second-order valence-electron chi connectivity index (χ2n) is 6.02. The van der Waals surface area contributed by atoms with E-state index in [1.807, 2.05) is 22.9 Å². The summed E-state index contributed by atoms with van der Waals surface area (Å²) in [5.41, 5.74) is 1.87. The summed E-state index contributed by atoms with van der Waals surface area (Å²) in [7, 11) is 0. The minimum Gasteiger partial charge on any atom is -0.294 e. The van der Waals surface area contributed by atoms with Crippen LogP contribution in [0.3, 0.4) is 0 Å². The van der Waals surface area contributed by atoms with E-state index in [9.17, 15) is 9.59 Å². The molecule has 1 fully saturated rings. The molecule has 100 valence electrons. The number of ketones is 2. The van der Waals surface area contributed by atoms with Crippen LogP contribution in [-0.4, -0.2) is 11.6 Å². The maximum atomic E-state index is 12.5. The first kappa shape index (κ1) is 11.4. The molecule has 2 heterocycles. The first-order valence-electron chi connectivity index (χ1n) is 6.99. The molecule has 1 saturated carbocycles. The fraction of sp³-hybridized carbons (Fsp3) is 0.375. The Labute approximate surface area is 124 Å². The minimum atomic E-state index is 0.125. The summed E-state index contributed by atoms with van der Waals surface area (Å²) in [5.74, 6) is 1.50. The molecule has 0 aromatic carbocycles. The lowest BCUT2D eigenvalue weighted by molar-refractivity contribution is 0.0790. The van der Waals surface area contributed by atoms with Crippen molar-refractivity contribution in [1.82, 2.24) is 0 Å². The van der Waals surface area contributed by atoms with Gasteiger partial charge in [-0.2, -0.15) is 0 Å². The summed E-state index contributed by atoms with van der Waals surface area (Å²) in [6.07, 6.45) is 1.74. The average Bonchev–Trinajstić information content (AvgIpc) is 3.17. The smallest absolute Gasteiger partial charge is 0.167 e. The van der Waals surface area contributed by atoms with Crippen molar-refractivity contribution in [2.75, 3.05) is 0 Å². The third-order valence-electron chi connectivity index (χ3n) is 5.26. The van der Waals surface area contributed by atoms with Crippen molar-refractivity contribution in [2.45, 2.75) is 24.7 Å². The van der Waals surface area contributed by atoms with Crippen LogP contribution in [0.4, 0.5) is 0 Å². The van der Waals surface area contributed by atoms with Gasteiger partial charge in [0.05, 0.1) is 0 Å². The van der Waals surface area contributed by atoms with Gasteiger partial charge >= 0.3 is 0 Å². The lowest BCUT2D eigenvalue weighted by Crippen LogP contribution is -2.29. The molecule has 0 aliphatic heterocycles. The molecule has 4 heteroatoms. The number of Topliss-reactive ketones (excluding diaryl/α,β-unsaturated/α-hetero) is 2. The van der Waals surface area contributed by atoms with E-state index < -0.39 is 0 Å². The molecular weight excluding hydrogens is 288 g/mol. The van der Waals surface area contributed by atoms with E-state index in [1.165, 1.54) is 9.75 Å². The van der Waals surface area contributed by atoms with Crippen molar-refractivity contribution in [3.05, 3.63) is 43.8 Å². The van der Waals surface area contributed by atoms with Gasteiger partial charge in [-0.25, -0.2) is 0 Å². The summed E-state index contributed by atoms with van der Waals surface area (Å²) in [4.78, 5) is 27.6. The molecule has 0 spiro atoms. The second-order valence-corrected chi connectivity index (χ2v) is 7.92. The highest BCUT2D eigenvalue weighted by Crippen LogP contribution is 2.58. The van der Waals surface area contributed by atoms with Gasteiger partial charge in [-0.1, -0.05) is 0 Å². The molecule has 0 amide bonds. The van der Waals surface area contributed by atoms with Gasteiger partial charge in [0.2, 0.25) is 0 Å². The number of hydrogen-bond acceptors (Lipinski definition) is 4. The normalized spacial score (nSPS) is 33.8. The quantitative estimate of drug-likeness (QED) is 0.734. The molecule has 0 N–H and O–H groups in total. The summed E-state index contributed by atoms with van der Waals surface area (Å²) in [5, 5.41) is 4.02. The molecule has 3 aliphatic carbocycles. The molecule has 4 unspecified atom stereocenters. The highest BCUT2D eigenvalue weighted by atomic mass is 32.1. The SMILES string of the molecule is O=C1c2ccsc2C2CC3C(=O)c4ccsc4C3CC12. The Bertz CT molecular complexity index is 690. The number of carbonyl (C=O) groups is 2. The number of hydrogen-bond donors (Lipinski definition) is 0. The van der Waals surface area contributed by atoms with E-state index >= 15 is 0 Å². The van der Waals surface area contributed by atoms with Gasteiger partial charge < -0.3 is 0 Å². The first-order valence-corrected chi connectivity index (χ1v) is 8.75. The van der Waals surface area contributed by atoms with Crippen molar-refractivity contribution in [3.8, 4) is 0 Å². The van der Waals surface area contributed by atoms with Crippen LogP contribution in [0, 0.1) is 11.8 Å². The Balaban J connectivity index is 1.60. The van der Waals surface area contributed by atoms with E-state index in [0.717, 1.165) is 24.0 Å². The summed E-state index contributed by atoms with van der Waals surface area (Å²) in [6.45, 7) is 0. The van der Waals surface area contributed by atoms with Crippen LogP contribution < -0.4 is 0 Å². The van der Waals surface area contributed by atoms with Gasteiger partial charge in [0.15, 0.2) is 11.6 Å². The van der Waals surface area contributed by atoms with Gasteiger partial charge in [-0.3, -0.25) is 9.59 Å². The maximum Gasteiger partial charge on any atom is 0.167 e. The molecule has 0 bridgehead atoms. The Morgan fingerprint density at radius 3 is 1.65 bits per heavy atom. The largest absolute Gasteiger partial charge is 0.294 e. The van der Waals surface area contributed by atoms with Crippen LogP contribution in [0.15, 0.2) is 22.9 Å². The molecule has 20 heavy (non-hydrogen) atoms. The van der Waals surface area contributed by atoms with E-state index in [-0.39, 0.29) is 11.8 Å². The second kappa shape index (κ2) is 3.68. The van der Waals surface area contributed by atoms with Crippen molar-refractivity contribution in [3.63, 3.8) is 0 Å². The van der Waals surface area contributed by atoms with Crippen LogP contribution >= 0.6 is 22.7 Å².